The number of hydrogen-bond donors (Lipinski definition) is 2. The van der Waals surface area contributed by atoms with Crippen LogP contribution in [0.15, 0.2) is 70.3 Å². The molecule has 0 aliphatic carbocycles. The predicted molar refractivity (Wildman–Crippen MR) is 122 cm³/mol. The molecule has 4 aromatic rings. The molecule has 9 nitrogen and oxygen atoms in total. The van der Waals surface area contributed by atoms with Gasteiger partial charge in [-0.15, -0.1) is 0 Å². The molecule has 0 aliphatic heterocycles. The summed E-state index contributed by atoms with van der Waals surface area (Å²) in [5.74, 6) is 1.03. The number of aliphatic hydroxyl groups excluding tert-OH is 1. The van der Waals surface area contributed by atoms with Gasteiger partial charge in [0, 0.05) is 20.6 Å². The average molecular weight is 435 g/mol. The number of aliphatic hydroxyl groups is 1. The maximum Gasteiger partial charge on any atom is 0.332 e. The van der Waals surface area contributed by atoms with E-state index < -0.39 is 17.4 Å². The standard InChI is InChI=1S/C23H25N5O4/c1-26-20-19(21(30)27(2)23(26)31)28(14-17(29)15-32-18-11-7-4-8-12-18)22(25-20)24-13-16-9-5-3-6-10-16/h3-12,17,29H,13-15H2,1-2H3,(H,24,25)/t17-/m0/s1. The second-order valence-electron chi connectivity index (χ2n) is 7.54. The van der Waals surface area contributed by atoms with E-state index in [1.807, 2.05) is 48.5 Å². The Labute approximate surface area is 184 Å². The van der Waals surface area contributed by atoms with Gasteiger partial charge < -0.3 is 19.7 Å². The maximum atomic E-state index is 12.9. The highest BCUT2D eigenvalue weighted by molar-refractivity contribution is 5.74. The van der Waals surface area contributed by atoms with Gasteiger partial charge in [-0.3, -0.25) is 13.9 Å². The lowest BCUT2D eigenvalue weighted by Crippen LogP contribution is -2.38. The molecule has 32 heavy (non-hydrogen) atoms. The zero-order valence-electron chi connectivity index (χ0n) is 17.9. The molecule has 9 heteroatoms. The molecule has 0 saturated heterocycles. The molecule has 0 saturated carbocycles. The summed E-state index contributed by atoms with van der Waals surface area (Å²) >= 11 is 0. The van der Waals surface area contributed by atoms with E-state index in [4.69, 9.17) is 4.74 Å². The summed E-state index contributed by atoms with van der Waals surface area (Å²) in [7, 11) is 2.99. The number of hydrogen-bond acceptors (Lipinski definition) is 6. The van der Waals surface area contributed by atoms with Crippen molar-refractivity contribution in [1.82, 2.24) is 18.7 Å². The number of imidazole rings is 1. The number of para-hydroxylation sites is 1. The van der Waals surface area contributed by atoms with Crippen LogP contribution in [0.4, 0.5) is 5.95 Å². The summed E-state index contributed by atoms with van der Waals surface area (Å²) < 4.78 is 9.63. The highest BCUT2D eigenvalue weighted by Crippen LogP contribution is 2.18. The third-order valence-electron chi connectivity index (χ3n) is 5.22. The zero-order valence-corrected chi connectivity index (χ0v) is 17.9. The molecule has 166 valence electrons. The predicted octanol–water partition coefficient (Wildman–Crippen LogP) is 1.49. The molecule has 0 bridgehead atoms. The molecule has 4 rings (SSSR count). The summed E-state index contributed by atoms with van der Waals surface area (Å²) in [6, 6.07) is 18.9. The largest absolute Gasteiger partial charge is 0.491 e. The van der Waals surface area contributed by atoms with Gasteiger partial charge in [-0.05, 0) is 17.7 Å². The number of fused-ring (bicyclic) bond motifs is 1. The average Bonchev–Trinajstić information content (AvgIpc) is 3.18. The van der Waals surface area contributed by atoms with Crippen molar-refractivity contribution in [3.05, 3.63) is 87.1 Å². The van der Waals surface area contributed by atoms with Gasteiger partial charge in [-0.2, -0.15) is 4.98 Å². The fourth-order valence-electron chi connectivity index (χ4n) is 3.51. The minimum absolute atomic E-state index is 0.0356. The first-order valence-corrected chi connectivity index (χ1v) is 10.3. The van der Waals surface area contributed by atoms with E-state index in [0.717, 1.165) is 10.1 Å². The fourth-order valence-corrected chi connectivity index (χ4v) is 3.51. The number of rotatable bonds is 8. The first-order chi connectivity index (χ1) is 15.5. The molecule has 0 radical (unpaired) electrons. The van der Waals surface area contributed by atoms with Crippen LogP contribution in [0.3, 0.4) is 0 Å². The minimum Gasteiger partial charge on any atom is -0.491 e. The lowest BCUT2D eigenvalue weighted by Gasteiger charge is -2.16. The Morgan fingerprint density at radius 2 is 1.66 bits per heavy atom. The van der Waals surface area contributed by atoms with Crippen molar-refractivity contribution in [1.29, 1.82) is 0 Å². The van der Waals surface area contributed by atoms with Crippen molar-refractivity contribution in [2.24, 2.45) is 14.1 Å². The van der Waals surface area contributed by atoms with Crippen LogP contribution in [0.2, 0.25) is 0 Å². The van der Waals surface area contributed by atoms with Gasteiger partial charge in [0.15, 0.2) is 11.2 Å². The lowest BCUT2D eigenvalue weighted by atomic mass is 10.2. The van der Waals surface area contributed by atoms with Crippen LogP contribution in [-0.4, -0.2) is 36.5 Å². The quantitative estimate of drug-likeness (QED) is 0.435. The van der Waals surface area contributed by atoms with Gasteiger partial charge in [0.2, 0.25) is 5.95 Å². The van der Waals surface area contributed by atoms with Crippen LogP contribution in [0.5, 0.6) is 5.75 Å². The Hall–Kier alpha value is -3.85. The minimum atomic E-state index is -0.910. The number of nitrogens with one attached hydrogen (secondary N) is 1. The first-order valence-electron chi connectivity index (χ1n) is 10.3. The molecule has 0 fully saturated rings. The molecule has 0 spiro atoms. The van der Waals surface area contributed by atoms with Gasteiger partial charge in [0.1, 0.15) is 18.5 Å². The highest BCUT2D eigenvalue weighted by atomic mass is 16.5. The van der Waals surface area contributed by atoms with Crippen LogP contribution < -0.4 is 21.3 Å². The van der Waals surface area contributed by atoms with E-state index >= 15 is 0 Å². The molecule has 2 N–H and O–H groups in total. The monoisotopic (exact) mass is 435 g/mol. The third-order valence-corrected chi connectivity index (χ3v) is 5.22. The van der Waals surface area contributed by atoms with Crippen LogP contribution in [0.25, 0.3) is 11.2 Å². The second-order valence-corrected chi connectivity index (χ2v) is 7.54. The summed E-state index contributed by atoms with van der Waals surface area (Å²) in [6.45, 7) is 0.566. The molecule has 2 aromatic heterocycles. The van der Waals surface area contributed by atoms with Crippen molar-refractivity contribution < 1.29 is 9.84 Å². The molecule has 0 unspecified atom stereocenters. The van der Waals surface area contributed by atoms with Crippen molar-refractivity contribution in [2.45, 2.75) is 19.2 Å². The Balaban J connectivity index is 1.67. The van der Waals surface area contributed by atoms with Gasteiger partial charge in [-0.1, -0.05) is 48.5 Å². The van der Waals surface area contributed by atoms with E-state index in [9.17, 15) is 14.7 Å². The van der Waals surface area contributed by atoms with E-state index in [0.29, 0.717) is 18.2 Å². The van der Waals surface area contributed by atoms with E-state index in [-0.39, 0.29) is 24.3 Å². The highest BCUT2D eigenvalue weighted by Gasteiger charge is 2.21. The van der Waals surface area contributed by atoms with E-state index in [1.54, 1.807) is 23.7 Å². The Kier molecular flexibility index (Phi) is 6.09. The van der Waals surface area contributed by atoms with E-state index in [2.05, 4.69) is 10.3 Å². The Morgan fingerprint density at radius 3 is 2.34 bits per heavy atom. The third kappa shape index (κ3) is 4.28. The lowest BCUT2D eigenvalue weighted by molar-refractivity contribution is 0.0938. The van der Waals surface area contributed by atoms with Crippen LogP contribution >= 0.6 is 0 Å². The van der Waals surface area contributed by atoms with Crippen molar-refractivity contribution >= 4 is 17.1 Å². The molecular weight excluding hydrogens is 410 g/mol. The van der Waals surface area contributed by atoms with Crippen molar-refractivity contribution in [3.63, 3.8) is 0 Å². The second kappa shape index (κ2) is 9.11. The van der Waals surface area contributed by atoms with Crippen molar-refractivity contribution in [3.8, 4) is 5.75 Å². The summed E-state index contributed by atoms with van der Waals surface area (Å²) in [5.41, 5.74) is 0.587. The topological polar surface area (TPSA) is 103 Å². The number of ether oxygens (including phenoxy) is 1. The van der Waals surface area contributed by atoms with Gasteiger partial charge in [0.05, 0.1) is 6.54 Å². The molecule has 2 heterocycles. The van der Waals surface area contributed by atoms with Crippen molar-refractivity contribution in [2.75, 3.05) is 11.9 Å². The number of aromatic nitrogens is 4. The van der Waals surface area contributed by atoms with Gasteiger partial charge >= 0.3 is 5.69 Å². The number of aryl methyl sites for hydroxylation is 1. The van der Waals surface area contributed by atoms with Gasteiger partial charge in [0.25, 0.3) is 5.56 Å². The van der Waals surface area contributed by atoms with Gasteiger partial charge in [-0.25, -0.2) is 4.79 Å². The normalized spacial score (nSPS) is 12.1. The molecule has 0 amide bonds. The fraction of sp³-hybridized carbons (Fsp3) is 0.261. The Morgan fingerprint density at radius 1 is 1.00 bits per heavy atom. The SMILES string of the molecule is Cn1c(=O)c2c(nc(NCc3ccccc3)n2C[C@H](O)COc2ccccc2)n(C)c1=O. The van der Waals surface area contributed by atoms with Crippen LogP contribution in [0.1, 0.15) is 5.56 Å². The molecule has 1 atom stereocenters. The zero-order chi connectivity index (χ0) is 22.7. The first kappa shape index (κ1) is 21.4. The molecule has 0 aliphatic rings. The summed E-state index contributed by atoms with van der Waals surface area (Å²) in [4.78, 5) is 29.8. The smallest absolute Gasteiger partial charge is 0.332 e. The summed E-state index contributed by atoms with van der Waals surface area (Å²) in [5, 5.41) is 13.9. The van der Waals surface area contributed by atoms with Crippen LogP contribution in [0, 0.1) is 0 Å². The van der Waals surface area contributed by atoms with E-state index in [1.165, 1.54) is 11.6 Å². The molecular formula is C23H25N5O4. The maximum absolute atomic E-state index is 12.9. The molecule has 2 aromatic carbocycles. The Bertz CT molecular complexity index is 1330. The number of anilines is 1. The number of nitrogens with zero attached hydrogens (tertiary/aromatic N) is 4. The summed E-state index contributed by atoms with van der Waals surface area (Å²) in [6.07, 6.45) is -0.910. The van der Waals surface area contributed by atoms with Crippen LogP contribution in [-0.2, 0) is 27.2 Å². The number of benzene rings is 2.